The molecule has 0 fully saturated rings. The van der Waals surface area contributed by atoms with Gasteiger partial charge in [0, 0.05) is 28.5 Å². The molecule has 0 atom stereocenters. The van der Waals surface area contributed by atoms with Gasteiger partial charge in [-0.25, -0.2) is 4.98 Å². The third-order valence-electron chi connectivity index (χ3n) is 3.79. The van der Waals surface area contributed by atoms with Gasteiger partial charge in [0.25, 0.3) is 5.91 Å². The van der Waals surface area contributed by atoms with Crippen LogP contribution in [0.2, 0.25) is 0 Å². The maximum atomic E-state index is 12.6. The van der Waals surface area contributed by atoms with E-state index >= 15 is 0 Å². The van der Waals surface area contributed by atoms with Crippen LogP contribution in [0.5, 0.6) is 5.75 Å². The topological polar surface area (TPSA) is 63.2 Å². The Labute approximate surface area is 160 Å². The Kier molecular flexibility index (Phi) is 5.86. The van der Waals surface area contributed by atoms with Gasteiger partial charge in [0.05, 0.1) is 12.7 Å². The summed E-state index contributed by atoms with van der Waals surface area (Å²) in [6.07, 6.45) is 1.65. The number of aromatic nitrogens is 1. The van der Waals surface area contributed by atoms with Gasteiger partial charge in [-0.1, -0.05) is 34.1 Å². The van der Waals surface area contributed by atoms with Crippen molar-refractivity contribution in [3.8, 4) is 5.75 Å². The molecule has 0 aliphatic heterocycles. The molecule has 2 N–H and O–H groups in total. The van der Waals surface area contributed by atoms with Gasteiger partial charge in [0.1, 0.15) is 11.6 Å². The van der Waals surface area contributed by atoms with Crippen LogP contribution in [0.4, 0.5) is 11.5 Å². The molecule has 1 amide bonds. The molecule has 26 heavy (non-hydrogen) atoms. The summed E-state index contributed by atoms with van der Waals surface area (Å²) >= 11 is 3.38. The maximum absolute atomic E-state index is 12.6. The highest BCUT2D eigenvalue weighted by atomic mass is 79.9. The average Bonchev–Trinajstić information content (AvgIpc) is 2.68. The van der Waals surface area contributed by atoms with E-state index in [1.165, 1.54) is 0 Å². The molecule has 0 bridgehead atoms. The lowest BCUT2D eigenvalue weighted by Gasteiger charge is -2.13. The van der Waals surface area contributed by atoms with Crippen molar-refractivity contribution in [1.29, 1.82) is 0 Å². The highest BCUT2D eigenvalue weighted by Gasteiger charge is 2.13. The second-order valence-electron chi connectivity index (χ2n) is 5.53. The molecule has 0 spiro atoms. The molecule has 0 aliphatic carbocycles. The van der Waals surface area contributed by atoms with Gasteiger partial charge in [-0.05, 0) is 42.5 Å². The van der Waals surface area contributed by atoms with Crippen molar-refractivity contribution in [2.45, 2.75) is 6.54 Å². The summed E-state index contributed by atoms with van der Waals surface area (Å²) < 4.78 is 6.31. The molecule has 1 heterocycles. The summed E-state index contributed by atoms with van der Waals surface area (Å²) in [6, 6.07) is 18.6. The number of halogens is 1. The molecule has 0 unspecified atom stereocenters. The number of nitrogens with zero attached hydrogens (tertiary/aromatic N) is 1. The Balaban J connectivity index is 1.75. The van der Waals surface area contributed by atoms with Crippen LogP contribution in [0, 0.1) is 0 Å². The Hall–Kier alpha value is -2.86. The summed E-state index contributed by atoms with van der Waals surface area (Å²) in [4.78, 5) is 16.9. The lowest BCUT2D eigenvalue weighted by molar-refractivity contribution is 0.102. The van der Waals surface area contributed by atoms with Gasteiger partial charge in [0.2, 0.25) is 0 Å². The van der Waals surface area contributed by atoms with E-state index in [2.05, 4.69) is 31.5 Å². The second-order valence-corrected chi connectivity index (χ2v) is 6.44. The van der Waals surface area contributed by atoms with E-state index in [-0.39, 0.29) is 5.91 Å². The first-order chi connectivity index (χ1) is 12.7. The molecule has 0 saturated carbocycles. The van der Waals surface area contributed by atoms with Crippen LogP contribution in [-0.4, -0.2) is 18.0 Å². The lowest BCUT2D eigenvalue weighted by atomic mass is 10.2. The number of ether oxygens (including phenoxy) is 1. The molecule has 0 aliphatic rings. The van der Waals surface area contributed by atoms with E-state index in [9.17, 15) is 4.79 Å². The molecule has 5 nitrogen and oxygen atoms in total. The average molecular weight is 412 g/mol. The number of carbonyl (C=O) groups excluding carboxylic acids is 1. The number of anilines is 2. The number of nitrogens with one attached hydrogen (secondary N) is 2. The normalized spacial score (nSPS) is 10.2. The smallest absolute Gasteiger partial charge is 0.259 e. The highest BCUT2D eigenvalue weighted by Crippen LogP contribution is 2.21. The first-order valence-electron chi connectivity index (χ1n) is 8.05. The van der Waals surface area contributed by atoms with Crippen LogP contribution >= 0.6 is 15.9 Å². The Morgan fingerprint density at radius 3 is 2.62 bits per heavy atom. The number of methoxy groups -OCH3 is 1. The molecule has 3 rings (SSSR count). The van der Waals surface area contributed by atoms with E-state index < -0.39 is 0 Å². The molecule has 132 valence electrons. The monoisotopic (exact) mass is 411 g/mol. The van der Waals surface area contributed by atoms with Gasteiger partial charge in [-0.15, -0.1) is 0 Å². The van der Waals surface area contributed by atoms with Crippen LogP contribution in [-0.2, 0) is 6.54 Å². The van der Waals surface area contributed by atoms with Crippen molar-refractivity contribution >= 4 is 33.3 Å². The fourth-order valence-corrected chi connectivity index (χ4v) is 2.75. The summed E-state index contributed by atoms with van der Waals surface area (Å²) in [5.74, 6) is 1.09. The molecule has 3 aromatic rings. The number of hydrogen-bond acceptors (Lipinski definition) is 4. The molecular formula is C20H18BrN3O2. The fourth-order valence-electron chi connectivity index (χ4n) is 2.49. The minimum Gasteiger partial charge on any atom is -0.496 e. The summed E-state index contributed by atoms with van der Waals surface area (Å²) in [5, 5.41) is 6.10. The predicted molar refractivity (Wildman–Crippen MR) is 107 cm³/mol. The van der Waals surface area contributed by atoms with Crippen molar-refractivity contribution in [2.24, 2.45) is 0 Å². The molecule has 0 radical (unpaired) electrons. The number of carbonyl (C=O) groups is 1. The van der Waals surface area contributed by atoms with Gasteiger partial charge in [-0.3, -0.25) is 4.79 Å². The summed E-state index contributed by atoms with van der Waals surface area (Å²) in [5.41, 5.74) is 2.18. The van der Waals surface area contributed by atoms with Crippen LogP contribution in [0.3, 0.4) is 0 Å². The van der Waals surface area contributed by atoms with Crippen LogP contribution in [0.1, 0.15) is 15.9 Å². The fraction of sp³-hybridized carbons (Fsp3) is 0.100. The van der Waals surface area contributed by atoms with Crippen molar-refractivity contribution in [1.82, 2.24) is 4.98 Å². The summed E-state index contributed by atoms with van der Waals surface area (Å²) in [7, 11) is 1.64. The minimum absolute atomic E-state index is 0.219. The van der Waals surface area contributed by atoms with Crippen LogP contribution in [0.15, 0.2) is 71.3 Å². The zero-order chi connectivity index (χ0) is 18.4. The van der Waals surface area contributed by atoms with Crippen molar-refractivity contribution in [3.05, 3.63) is 82.5 Å². The van der Waals surface area contributed by atoms with E-state index in [1.807, 2.05) is 48.5 Å². The van der Waals surface area contributed by atoms with Gasteiger partial charge in [-0.2, -0.15) is 0 Å². The van der Waals surface area contributed by atoms with Gasteiger partial charge >= 0.3 is 0 Å². The Morgan fingerprint density at radius 2 is 1.85 bits per heavy atom. The number of pyridine rings is 1. The number of hydrogen-bond donors (Lipinski definition) is 2. The van der Waals surface area contributed by atoms with Crippen molar-refractivity contribution in [2.75, 3.05) is 17.7 Å². The van der Waals surface area contributed by atoms with Crippen LogP contribution in [0.25, 0.3) is 0 Å². The Morgan fingerprint density at radius 1 is 1.08 bits per heavy atom. The van der Waals surface area contributed by atoms with Crippen molar-refractivity contribution < 1.29 is 9.53 Å². The van der Waals surface area contributed by atoms with Crippen molar-refractivity contribution in [3.63, 3.8) is 0 Å². The molecular weight excluding hydrogens is 394 g/mol. The van der Waals surface area contributed by atoms with Crippen LogP contribution < -0.4 is 15.4 Å². The van der Waals surface area contributed by atoms with E-state index in [1.54, 1.807) is 25.4 Å². The first-order valence-corrected chi connectivity index (χ1v) is 8.84. The largest absolute Gasteiger partial charge is 0.496 e. The second kappa shape index (κ2) is 8.49. The van der Waals surface area contributed by atoms with E-state index in [0.29, 0.717) is 17.9 Å². The quantitative estimate of drug-likeness (QED) is 0.615. The lowest BCUT2D eigenvalue weighted by Crippen LogP contribution is -2.15. The van der Waals surface area contributed by atoms with Gasteiger partial charge in [0.15, 0.2) is 0 Å². The van der Waals surface area contributed by atoms with Gasteiger partial charge < -0.3 is 15.4 Å². The van der Waals surface area contributed by atoms with E-state index in [4.69, 9.17) is 4.74 Å². The third-order valence-corrected chi connectivity index (χ3v) is 4.32. The number of para-hydroxylation sites is 1. The molecule has 2 aromatic carbocycles. The number of amides is 1. The minimum atomic E-state index is -0.219. The first kappa shape index (κ1) is 17.9. The zero-order valence-electron chi connectivity index (χ0n) is 14.2. The Bertz CT molecular complexity index is 898. The number of rotatable bonds is 6. The molecule has 6 heteroatoms. The predicted octanol–water partition coefficient (Wildman–Crippen LogP) is 4.72. The molecule has 1 aromatic heterocycles. The third kappa shape index (κ3) is 4.40. The molecule has 0 saturated heterocycles. The van der Waals surface area contributed by atoms with E-state index in [0.717, 1.165) is 21.5 Å². The maximum Gasteiger partial charge on any atom is 0.259 e. The SMILES string of the molecule is COc1ccccc1CNc1ncccc1C(=O)Nc1ccc(Br)cc1. The highest BCUT2D eigenvalue weighted by molar-refractivity contribution is 9.10. The standard InChI is InChI=1S/C20H18BrN3O2/c1-26-18-7-3-2-5-14(18)13-23-19-17(6-4-12-22-19)20(25)24-16-10-8-15(21)9-11-16/h2-12H,13H2,1H3,(H,22,23)(H,24,25). The zero-order valence-corrected chi connectivity index (χ0v) is 15.8. The summed E-state index contributed by atoms with van der Waals surface area (Å²) in [6.45, 7) is 0.500. The number of benzene rings is 2.